The summed E-state index contributed by atoms with van der Waals surface area (Å²) < 4.78 is 1.62. The first-order valence-corrected chi connectivity index (χ1v) is 9.84. The Morgan fingerprint density at radius 3 is 2.86 bits per heavy atom. The highest BCUT2D eigenvalue weighted by atomic mass is 16.1. The normalized spacial score (nSPS) is 15.5. The fourth-order valence-corrected chi connectivity index (χ4v) is 4.04. The number of nitrogens with zero attached hydrogens (tertiary/aromatic N) is 3. The Bertz CT molecular complexity index is 1320. The highest BCUT2D eigenvalue weighted by molar-refractivity contribution is 6.15. The topological polar surface area (TPSA) is 89.6 Å². The molecule has 1 saturated carbocycles. The van der Waals surface area contributed by atoms with Gasteiger partial charge in [0.1, 0.15) is 11.6 Å². The average Bonchev–Trinajstić information content (AvgIpc) is 3.19. The van der Waals surface area contributed by atoms with Crippen LogP contribution in [0.3, 0.4) is 0 Å². The van der Waals surface area contributed by atoms with Gasteiger partial charge in [-0.1, -0.05) is 24.3 Å². The molecule has 2 aliphatic rings. The first kappa shape index (κ1) is 16.3. The number of benzene rings is 2. The number of carbonyl (C=O) groups is 1. The van der Waals surface area contributed by atoms with Crippen LogP contribution in [-0.2, 0) is 6.42 Å². The Labute approximate surface area is 167 Å². The molecule has 3 N–H and O–H groups in total. The number of carbonyl (C=O) groups excluding carboxylic acids is 1. The lowest BCUT2D eigenvalue weighted by molar-refractivity contribution is 0.103. The largest absolute Gasteiger partial charge is 0.383 e. The molecule has 6 rings (SSSR count). The molecule has 0 unspecified atom stereocenters. The van der Waals surface area contributed by atoms with E-state index in [2.05, 4.69) is 21.1 Å². The lowest BCUT2D eigenvalue weighted by atomic mass is 10.0. The third-order valence-corrected chi connectivity index (χ3v) is 5.80. The number of allylic oxidation sites excluding steroid dienone is 1. The SMILES string of the molecule is Nc1c(C(=O)C2=Cc3ccccc3C2)cnn1-c1ccc2nc(C3CC3)[nH]c2c1. The Morgan fingerprint density at radius 2 is 2.03 bits per heavy atom. The maximum Gasteiger partial charge on any atom is 0.194 e. The number of nitrogens with one attached hydrogen (secondary N) is 1. The molecule has 0 bridgehead atoms. The van der Waals surface area contributed by atoms with Gasteiger partial charge in [0.2, 0.25) is 0 Å². The van der Waals surface area contributed by atoms with Crippen LogP contribution < -0.4 is 5.73 Å². The maximum absolute atomic E-state index is 13.1. The Balaban J connectivity index is 1.34. The molecule has 0 spiro atoms. The number of fused-ring (bicyclic) bond motifs is 2. The molecule has 2 heterocycles. The molecule has 0 atom stereocenters. The van der Waals surface area contributed by atoms with Gasteiger partial charge in [-0.05, 0) is 48.2 Å². The highest BCUT2D eigenvalue weighted by Crippen LogP contribution is 2.39. The monoisotopic (exact) mass is 381 g/mol. The number of nitrogens with two attached hydrogens (primary N) is 1. The van der Waals surface area contributed by atoms with Crippen molar-refractivity contribution in [2.45, 2.75) is 25.2 Å². The molecule has 1 fully saturated rings. The summed E-state index contributed by atoms with van der Waals surface area (Å²) in [7, 11) is 0. The standard InChI is InChI=1S/C23H19N5O/c24-22-18(21(29)16-9-14-3-1-2-4-15(14)10-16)12-25-28(22)17-7-8-19-20(11-17)27-23(26-19)13-5-6-13/h1-4,7-9,11-13H,5-6,10,24H2,(H,26,27). The molecule has 2 aliphatic carbocycles. The number of ketones is 1. The first-order chi connectivity index (χ1) is 14.2. The van der Waals surface area contributed by atoms with E-state index in [1.807, 2.05) is 42.5 Å². The molecule has 2 aromatic heterocycles. The van der Waals surface area contributed by atoms with E-state index in [0.29, 0.717) is 23.7 Å². The Kier molecular flexibility index (Phi) is 3.32. The minimum atomic E-state index is -0.0661. The molecule has 0 saturated heterocycles. The summed E-state index contributed by atoms with van der Waals surface area (Å²) >= 11 is 0. The number of aromatic amines is 1. The zero-order chi connectivity index (χ0) is 19.5. The number of aromatic nitrogens is 4. The minimum Gasteiger partial charge on any atom is -0.383 e. The third-order valence-electron chi connectivity index (χ3n) is 5.80. The summed E-state index contributed by atoms with van der Waals surface area (Å²) in [5.41, 5.74) is 12.5. The second-order valence-corrected chi connectivity index (χ2v) is 7.83. The zero-order valence-electron chi connectivity index (χ0n) is 15.7. The van der Waals surface area contributed by atoms with Gasteiger partial charge in [0, 0.05) is 17.9 Å². The lowest BCUT2D eigenvalue weighted by Crippen LogP contribution is -2.08. The van der Waals surface area contributed by atoms with Crippen molar-refractivity contribution in [2.75, 3.05) is 5.73 Å². The summed E-state index contributed by atoms with van der Waals surface area (Å²) in [6, 6.07) is 13.9. The van der Waals surface area contributed by atoms with Gasteiger partial charge in [0.05, 0.1) is 28.5 Å². The van der Waals surface area contributed by atoms with E-state index in [0.717, 1.165) is 39.2 Å². The third kappa shape index (κ3) is 2.60. The quantitative estimate of drug-likeness (QED) is 0.522. The van der Waals surface area contributed by atoms with E-state index in [-0.39, 0.29) is 5.78 Å². The lowest BCUT2D eigenvalue weighted by Gasteiger charge is -2.05. The van der Waals surface area contributed by atoms with Crippen LogP contribution in [0.4, 0.5) is 5.82 Å². The van der Waals surface area contributed by atoms with Crippen molar-refractivity contribution in [1.29, 1.82) is 0 Å². The molecule has 0 aliphatic heterocycles. The predicted molar refractivity (Wildman–Crippen MR) is 112 cm³/mol. The van der Waals surface area contributed by atoms with Crippen LogP contribution in [0.15, 0.2) is 54.2 Å². The highest BCUT2D eigenvalue weighted by Gasteiger charge is 2.27. The van der Waals surface area contributed by atoms with E-state index in [1.54, 1.807) is 10.9 Å². The fraction of sp³-hybridized carbons (Fsp3) is 0.174. The van der Waals surface area contributed by atoms with Gasteiger partial charge >= 0.3 is 0 Å². The molecule has 2 aromatic carbocycles. The van der Waals surface area contributed by atoms with Crippen LogP contribution in [0.5, 0.6) is 0 Å². The number of imidazole rings is 1. The van der Waals surface area contributed by atoms with Crippen LogP contribution in [0.1, 0.15) is 46.1 Å². The van der Waals surface area contributed by atoms with Crippen LogP contribution in [0, 0.1) is 0 Å². The van der Waals surface area contributed by atoms with E-state index >= 15 is 0 Å². The number of Topliss-reactive ketones (excluding diaryl/α,β-unsaturated/α-hetero) is 1. The van der Waals surface area contributed by atoms with Gasteiger partial charge in [0.15, 0.2) is 5.78 Å². The van der Waals surface area contributed by atoms with Gasteiger partial charge in [-0.15, -0.1) is 0 Å². The second-order valence-electron chi connectivity index (χ2n) is 7.83. The van der Waals surface area contributed by atoms with Crippen molar-refractivity contribution >= 4 is 28.7 Å². The first-order valence-electron chi connectivity index (χ1n) is 9.84. The van der Waals surface area contributed by atoms with E-state index in [9.17, 15) is 4.79 Å². The van der Waals surface area contributed by atoms with Crippen LogP contribution >= 0.6 is 0 Å². The van der Waals surface area contributed by atoms with E-state index in [4.69, 9.17) is 5.73 Å². The van der Waals surface area contributed by atoms with Crippen molar-refractivity contribution in [1.82, 2.24) is 19.7 Å². The Hall–Kier alpha value is -3.67. The van der Waals surface area contributed by atoms with Crippen molar-refractivity contribution in [3.8, 4) is 5.69 Å². The number of H-pyrrole nitrogens is 1. The summed E-state index contributed by atoms with van der Waals surface area (Å²) in [4.78, 5) is 21.1. The summed E-state index contributed by atoms with van der Waals surface area (Å²) in [5.74, 6) is 1.90. The zero-order valence-corrected chi connectivity index (χ0v) is 15.7. The molecule has 0 radical (unpaired) electrons. The van der Waals surface area contributed by atoms with Crippen molar-refractivity contribution in [3.05, 3.63) is 76.7 Å². The summed E-state index contributed by atoms with van der Waals surface area (Å²) in [6.07, 6.45) is 6.54. The van der Waals surface area contributed by atoms with Gasteiger partial charge in [-0.3, -0.25) is 4.79 Å². The van der Waals surface area contributed by atoms with Crippen molar-refractivity contribution in [2.24, 2.45) is 0 Å². The number of nitrogen functional groups attached to an aromatic ring is 1. The van der Waals surface area contributed by atoms with Crippen molar-refractivity contribution < 1.29 is 4.79 Å². The van der Waals surface area contributed by atoms with Gasteiger partial charge in [-0.2, -0.15) is 5.10 Å². The van der Waals surface area contributed by atoms with Gasteiger partial charge < -0.3 is 10.7 Å². The van der Waals surface area contributed by atoms with Gasteiger partial charge in [0.25, 0.3) is 0 Å². The van der Waals surface area contributed by atoms with E-state index in [1.165, 1.54) is 12.8 Å². The van der Waals surface area contributed by atoms with E-state index < -0.39 is 0 Å². The summed E-state index contributed by atoms with van der Waals surface area (Å²) in [5, 5.41) is 4.40. The van der Waals surface area contributed by atoms with Crippen LogP contribution in [0.25, 0.3) is 22.8 Å². The number of hydrogen-bond acceptors (Lipinski definition) is 4. The maximum atomic E-state index is 13.1. The fourth-order valence-electron chi connectivity index (χ4n) is 4.04. The second kappa shape index (κ2) is 5.91. The van der Waals surface area contributed by atoms with Crippen LogP contribution in [-0.4, -0.2) is 25.5 Å². The molecule has 6 heteroatoms. The number of rotatable bonds is 4. The van der Waals surface area contributed by atoms with Gasteiger partial charge in [-0.25, -0.2) is 9.67 Å². The molecular weight excluding hydrogens is 362 g/mol. The molecule has 0 amide bonds. The molecule has 29 heavy (non-hydrogen) atoms. The number of hydrogen-bond donors (Lipinski definition) is 2. The molecule has 6 nitrogen and oxygen atoms in total. The minimum absolute atomic E-state index is 0.0661. The predicted octanol–water partition coefficient (Wildman–Crippen LogP) is 4.03. The smallest absolute Gasteiger partial charge is 0.194 e. The van der Waals surface area contributed by atoms with Crippen LogP contribution in [0.2, 0.25) is 0 Å². The molecular formula is C23H19N5O. The average molecular weight is 381 g/mol. The summed E-state index contributed by atoms with van der Waals surface area (Å²) in [6.45, 7) is 0. The number of anilines is 1. The van der Waals surface area contributed by atoms with Crippen molar-refractivity contribution in [3.63, 3.8) is 0 Å². The molecule has 4 aromatic rings. The Morgan fingerprint density at radius 1 is 1.17 bits per heavy atom. The molecule has 142 valence electrons.